The lowest BCUT2D eigenvalue weighted by molar-refractivity contribution is -0.130. The highest BCUT2D eigenvalue weighted by molar-refractivity contribution is 5.73. The second kappa shape index (κ2) is 8.39. The van der Waals surface area contributed by atoms with Gasteiger partial charge in [0.05, 0.1) is 11.7 Å². The Morgan fingerprint density at radius 1 is 1.07 bits per heavy atom. The third kappa shape index (κ3) is 4.09. The van der Waals surface area contributed by atoms with Crippen LogP contribution in [0.3, 0.4) is 0 Å². The molecule has 1 atom stereocenters. The second-order valence-corrected chi connectivity index (χ2v) is 7.96. The van der Waals surface area contributed by atoms with Gasteiger partial charge >= 0.3 is 0 Å². The summed E-state index contributed by atoms with van der Waals surface area (Å²) in [6.07, 6.45) is 4.88. The largest absolute Gasteiger partial charge is 0.343 e. The molecule has 2 fully saturated rings. The highest BCUT2D eigenvalue weighted by atomic mass is 19.1. The fourth-order valence-corrected chi connectivity index (χ4v) is 4.68. The molecule has 1 aromatic heterocycles. The van der Waals surface area contributed by atoms with Crippen molar-refractivity contribution in [2.24, 2.45) is 0 Å². The van der Waals surface area contributed by atoms with Crippen molar-refractivity contribution in [1.82, 2.24) is 14.8 Å². The molecule has 2 aliphatic rings. The van der Waals surface area contributed by atoms with Gasteiger partial charge in [-0.2, -0.15) is 0 Å². The summed E-state index contributed by atoms with van der Waals surface area (Å²) in [6.45, 7) is 4.45. The summed E-state index contributed by atoms with van der Waals surface area (Å²) in [7, 11) is 0. The summed E-state index contributed by atoms with van der Waals surface area (Å²) >= 11 is 0. The molecule has 4 rings (SSSR count). The highest BCUT2D eigenvalue weighted by Gasteiger charge is 2.34. The van der Waals surface area contributed by atoms with Crippen LogP contribution in [-0.4, -0.2) is 46.4 Å². The first-order chi connectivity index (χ1) is 13.6. The number of piperidine rings is 1. The van der Waals surface area contributed by atoms with E-state index in [9.17, 15) is 9.18 Å². The van der Waals surface area contributed by atoms with E-state index < -0.39 is 0 Å². The van der Waals surface area contributed by atoms with Crippen LogP contribution < -0.4 is 0 Å². The van der Waals surface area contributed by atoms with Crippen molar-refractivity contribution in [2.75, 3.05) is 19.6 Å². The minimum absolute atomic E-state index is 0.172. The Morgan fingerprint density at radius 2 is 1.86 bits per heavy atom. The number of halogens is 1. The predicted molar refractivity (Wildman–Crippen MR) is 107 cm³/mol. The molecule has 0 spiro atoms. The molecule has 0 unspecified atom stereocenters. The average Bonchev–Trinajstić information content (AvgIpc) is 3.20. The summed E-state index contributed by atoms with van der Waals surface area (Å²) in [6, 6.07) is 13.9. The molecule has 0 saturated carbocycles. The van der Waals surface area contributed by atoms with Crippen LogP contribution in [0.25, 0.3) is 0 Å². The topological polar surface area (TPSA) is 36.4 Å². The summed E-state index contributed by atoms with van der Waals surface area (Å²) in [5.74, 6) is 0.00774. The standard InChI is InChI=1S/C23H28FN3O/c1-17(28)26-14-11-20(12-15-26)27-13-5-10-23(27)22-9-4-7-19(25-22)16-18-6-2-3-8-21(18)24/h2-4,6-9,20,23H,5,10-16H2,1H3/t23-/m0/s1. The van der Waals surface area contributed by atoms with Gasteiger partial charge in [-0.25, -0.2) is 4.39 Å². The molecule has 2 saturated heterocycles. The van der Waals surface area contributed by atoms with Gasteiger partial charge in [-0.05, 0) is 56.0 Å². The molecule has 5 heteroatoms. The van der Waals surface area contributed by atoms with Gasteiger partial charge in [-0.3, -0.25) is 14.7 Å². The number of benzene rings is 1. The molecule has 0 bridgehead atoms. The molecular formula is C23H28FN3O. The zero-order valence-corrected chi connectivity index (χ0v) is 16.5. The van der Waals surface area contributed by atoms with E-state index in [-0.39, 0.29) is 11.7 Å². The smallest absolute Gasteiger partial charge is 0.219 e. The fraction of sp³-hybridized carbons (Fsp3) is 0.478. The van der Waals surface area contributed by atoms with Crippen LogP contribution in [0.5, 0.6) is 0 Å². The van der Waals surface area contributed by atoms with Gasteiger partial charge in [0.25, 0.3) is 0 Å². The monoisotopic (exact) mass is 381 g/mol. The van der Waals surface area contributed by atoms with E-state index in [2.05, 4.69) is 11.0 Å². The van der Waals surface area contributed by atoms with E-state index in [4.69, 9.17) is 4.98 Å². The zero-order valence-electron chi connectivity index (χ0n) is 16.5. The number of hydrogen-bond acceptors (Lipinski definition) is 3. The highest BCUT2D eigenvalue weighted by Crippen LogP contribution is 2.35. The van der Waals surface area contributed by atoms with Crippen LogP contribution in [-0.2, 0) is 11.2 Å². The molecule has 148 valence electrons. The van der Waals surface area contributed by atoms with Gasteiger partial charge in [-0.15, -0.1) is 0 Å². The van der Waals surface area contributed by atoms with Crippen LogP contribution >= 0.6 is 0 Å². The molecule has 1 amide bonds. The molecule has 2 aliphatic heterocycles. The molecular weight excluding hydrogens is 353 g/mol. The Balaban J connectivity index is 1.47. The summed E-state index contributed by atoms with van der Waals surface area (Å²) in [5.41, 5.74) is 2.70. The van der Waals surface area contributed by atoms with E-state index >= 15 is 0 Å². The van der Waals surface area contributed by atoms with Crippen molar-refractivity contribution >= 4 is 5.91 Å². The van der Waals surface area contributed by atoms with Crippen LogP contribution in [0, 0.1) is 5.82 Å². The van der Waals surface area contributed by atoms with Crippen molar-refractivity contribution in [2.45, 2.75) is 51.1 Å². The second-order valence-electron chi connectivity index (χ2n) is 7.96. The van der Waals surface area contributed by atoms with Crippen LogP contribution in [0.15, 0.2) is 42.5 Å². The normalized spacial score (nSPS) is 21.2. The number of carbonyl (C=O) groups is 1. The molecule has 4 nitrogen and oxygen atoms in total. The SMILES string of the molecule is CC(=O)N1CCC(N2CCC[C@H]2c2cccc(Cc3ccccc3F)n2)CC1. The van der Waals surface area contributed by atoms with E-state index in [1.807, 2.05) is 29.2 Å². The van der Waals surface area contributed by atoms with Crippen molar-refractivity contribution in [3.8, 4) is 0 Å². The van der Waals surface area contributed by atoms with E-state index in [1.54, 1.807) is 13.0 Å². The van der Waals surface area contributed by atoms with E-state index in [0.29, 0.717) is 24.1 Å². The number of rotatable bonds is 4. The zero-order chi connectivity index (χ0) is 19.5. The summed E-state index contributed by atoms with van der Waals surface area (Å²) in [5, 5.41) is 0. The first-order valence-electron chi connectivity index (χ1n) is 10.3. The number of hydrogen-bond donors (Lipinski definition) is 0. The first-order valence-corrected chi connectivity index (χ1v) is 10.3. The third-order valence-electron chi connectivity index (χ3n) is 6.17. The molecule has 0 aliphatic carbocycles. The van der Waals surface area contributed by atoms with Gasteiger partial charge in [0.2, 0.25) is 5.91 Å². The maximum absolute atomic E-state index is 14.0. The van der Waals surface area contributed by atoms with Crippen LogP contribution in [0.2, 0.25) is 0 Å². The number of aromatic nitrogens is 1. The number of nitrogens with zero attached hydrogens (tertiary/aromatic N) is 3. The minimum Gasteiger partial charge on any atom is -0.343 e. The van der Waals surface area contributed by atoms with Crippen molar-refractivity contribution in [1.29, 1.82) is 0 Å². The average molecular weight is 381 g/mol. The lowest BCUT2D eigenvalue weighted by Crippen LogP contribution is -2.46. The predicted octanol–water partition coefficient (Wildman–Crippen LogP) is 3.96. The van der Waals surface area contributed by atoms with Gasteiger partial charge in [-0.1, -0.05) is 24.3 Å². The lowest BCUT2D eigenvalue weighted by atomic mass is 10.0. The van der Waals surface area contributed by atoms with E-state index in [0.717, 1.165) is 50.3 Å². The Bertz CT molecular complexity index is 832. The van der Waals surface area contributed by atoms with Gasteiger partial charge < -0.3 is 4.90 Å². The Kier molecular flexibility index (Phi) is 5.72. The first kappa shape index (κ1) is 19.1. The summed E-state index contributed by atoms with van der Waals surface area (Å²) < 4.78 is 14.0. The molecule has 3 heterocycles. The Morgan fingerprint density at radius 3 is 2.61 bits per heavy atom. The van der Waals surface area contributed by atoms with Crippen molar-refractivity contribution < 1.29 is 9.18 Å². The number of pyridine rings is 1. The molecule has 28 heavy (non-hydrogen) atoms. The maximum Gasteiger partial charge on any atom is 0.219 e. The van der Waals surface area contributed by atoms with Crippen LogP contribution in [0.1, 0.15) is 55.6 Å². The Labute approximate surface area is 166 Å². The third-order valence-corrected chi connectivity index (χ3v) is 6.17. The number of likely N-dealkylation sites (tertiary alicyclic amines) is 2. The fourth-order valence-electron chi connectivity index (χ4n) is 4.68. The summed E-state index contributed by atoms with van der Waals surface area (Å²) in [4.78, 5) is 21.0. The van der Waals surface area contributed by atoms with Gasteiger partial charge in [0, 0.05) is 38.2 Å². The molecule has 0 N–H and O–H groups in total. The quantitative estimate of drug-likeness (QED) is 0.804. The molecule has 1 aromatic carbocycles. The van der Waals surface area contributed by atoms with Crippen molar-refractivity contribution in [3.05, 3.63) is 65.2 Å². The lowest BCUT2D eigenvalue weighted by Gasteiger charge is -2.39. The van der Waals surface area contributed by atoms with E-state index in [1.165, 1.54) is 12.5 Å². The molecule has 0 radical (unpaired) electrons. The van der Waals surface area contributed by atoms with Gasteiger partial charge in [0.1, 0.15) is 5.82 Å². The van der Waals surface area contributed by atoms with Crippen LogP contribution in [0.4, 0.5) is 4.39 Å². The number of carbonyl (C=O) groups excluding carboxylic acids is 1. The Hall–Kier alpha value is -2.27. The van der Waals surface area contributed by atoms with Crippen molar-refractivity contribution in [3.63, 3.8) is 0 Å². The molecule has 2 aromatic rings. The van der Waals surface area contributed by atoms with Gasteiger partial charge in [0.15, 0.2) is 0 Å². The number of amides is 1. The minimum atomic E-state index is -0.172. The maximum atomic E-state index is 14.0.